The van der Waals surface area contributed by atoms with Gasteiger partial charge < -0.3 is 19.3 Å². The van der Waals surface area contributed by atoms with Gasteiger partial charge in [0.1, 0.15) is 6.10 Å². The van der Waals surface area contributed by atoms with Crippen LogP contribution in [0.5, 0.6) is 0 Å². The lowest BCUT2D eigenvalue weighted by Gasteiger charge is -2.23. The van der Waals surface area contributed by atoms with Gasteiger partial charge in [-0.3, -0.25) is 0 Å². The summed E-state index contributed by atoms with van der Waals surface area (Å²) in [5.74, 6) is -1.11. The van der Waals surface area contributed by atoms with Crippen molar-refractivity contribution in [2.24, 2.45) is 0 Å². The molecule has 2 heterocycles. The summed E-state index contributed by atoms with van der Waals surface area (Å²) in [4.78, 5) is 0. The molecule has 13 heavy (non-hydrogen) atoms. The Balaban J connectivity index is 1.77. The van der Waals surface area contributed by atoms with E-state index in [1.165, 1.54) is 0 Å². The first-order valence-corrected chi connectivity index (χ1v) is 4.72. The highest BCUT2D eigenvalue weighted by Crippen LogP contribution is 2.31. The number of aliphatic hydroxyl groups is 1. The van der Waals surface area contributed by atoms with Crippen LogP contribution in [0.3, 0.4) is 0 Å². The van der Waals surface area contributed by atoms with Gasteiger partial charge in [0, 0.05) is 6.42 Å². The van der Waals surface area contributed by atoms with E-state index in [1.54, 1.807) is 13.8 Å². The number of epoxide rings is 1. The van der Waals surface area contributed by atoms with E-state index >= 15 is 0 Å². The van der Waals surface area contributed by atoms with Gasteiger partial charge in [-0.25, -0.2) is 0 Å². The maximum Gasteiger partial charge on any atom is 0.162 e. The number of ether oxygens (including phenoxy) is 3. The monoisotopic (exact) mass is 188 g/mol. The molecule has 2 fully saturated rings. The zero-order valence-electron chi connectivity index (χ0n) is 8.03. The zero-order valence-corrected chi connectivity index (χ0v) is 8.03. The number of hydrogen-bond donors (Lipinski definition) is 1. The van der Waals surface area contributed by atoms with Gasteiger partial charge in [0.2, 0.25) is 0 Å². The molecule has 4 nitrogen and oxygen atoms in total. The van der Waals surface area contributed by atoms with Crippen molar-refractivity contribution in [2.45, 2.75) is 51.0 Å². The smallest absolute Gasteiger partial charge is 0.162 e. The first-order valence-electron chi connectivity index (χ1n) is 4.72. The van der Waals surface area contributed by atoms with Crippen molar-refractivity contribution >= 4 is 0 Å². The van der Waals surface area contributed by atoms with Gasteiger partial charge in [-0.15, -0.1) is 0 Å². The summed E-state index contributed by atoms with van der Waals surface area (Å²) in [6.45, 7) is 4.02. The maximum absolute atomic E-state index is 9.39. The van der Waals surface area contributed by atoms with E-state index in [-0.39, 0.29) is 18.5 Å². The Morgan fingerprint density at radius 1 is 1.31 bits per heavy atom. The lowest BCUT2D eigenvalue weighted by atomic mass is 10.2. The van der Waals surface area contributed by atoms with Crippen LogP contribution in [0.4, 0.5) is 0 Å². The molecule has 0 bridgehead atoms. The lowest BCUT2D eigenvalue weighted by molar-refractivity contribution is -0.269. The van der Waals surface area contributed by atoms with Crippen molar-refractivity contribution in [3.8, 4) is 0 Å². The molecule has 2 saturated heterocycles. The second-order valence-corrected chi connectivity index (χ2v) is 4.12. The molecule has 2 aliphatic heterocycles. The fourth-order valence-corrected chi connectivity index (χ4v) is 1.58. The Kier molecular flexibility index (Phi) is 2.32. The van der Waals surface area contributed by atoms with E-state index in [2.05, 4.69) is 0 Å². The summed E-state index contributed by atoms with van der Waals surface area (Å²) in [6.07, 6.45) is 1.98. The SMILES string of the molecule is CC(C)(O)O[C@@H]1CCC([C@H]2CO2)O1. The molecule has 2 aliphatic rings. The van der Waals surface area contributed by atoms with Gasteiger partial charge >= 0.3 is 0 Å². The largest absolute Gasteiger partial charge is 0.370 e. The van der Waals surface area contributed by atoms with Crippen LogP contribution in [0.25, 0.3) is 0 Å². The number of hydrogen-bond acceptors (Lipinski definition) is 4. The molecule has 0 aromatic heterocycles. The van der Waals surface area contributed by atoms with Crippen LogP contribution in [0.2, 0.25) is 0 Å². The average Bonchev–Trinajstić information content (AvgIpc) is 2.72. The highest BCUT2D eigenvalue weighted by molar-refractivity contribution is 4.84. The van der Waals surface area contributed by atoms with Crippen molar-refractivity contribution in [1.82, 2.24) is 0 Å². The maximum atomic E-state index is 9.39. The highest BCUT2D eigenvalue weighted by atomic mass is 16.8. The first kappa shape index (κ1) is 9.40. The summed E-state index contributed by atoms with van der Waals surface area (Å²) in [7, 11) is 0. The summed E-state index contributed by atoms with van der Waals surface area (Å²) in [5, 5.41) is 9.39. The van der Waals surface area contributed by atoms with Gasteiger partial charge in [0.25, 0.3) is 0 Å². The van der Waals surface area contributed by atoms with Gasteiger partial charge in [-0.2, -0.15) is 0 Å². The zero-order chi connectivity index (χ0) is 9.47. The Hall–Kier alpha value is -0.160. The standard InChI is InChI=1S/C9H16O4/c1-9(2,10)13-8-4-3-6(12-8)7-5-11-7/h6-8,10H,3-5H2,1-2H3/t6?,7-,8-/m1/s1. The van der Waals surface area contributed by atoms with Gasteiger partial charge in [0.15, 0.2) is 12.1 Å². The molecule has 0 amide bonds. The van der Waals surface area contributed by atoms with E-state index in [4.69, 9.17) is 14.2 Å². The number of rotatable bonds is 3. The molecule has 0 radical (unpaired) electrons. The minimum Gasteiger partial charge on any atom is -0.370 e. The van der Waals surface area contributed by atoms with E-state index in [0.717, 1.165) is 19.4 Å². The fraction of sp³-hybridized carbons (Fsp3) is 1.00. The summed E-state index contributed by atoms with van der Waals surface area (Å²) >= 11 is 0. The third-order valence-electron chi connectivity index (χ3n) is 2.21. The average molecular weight is 188 g/mol. The molecular weight excluding hydrogens is 172 g/mol. The second-order valence-electron chi connectivity index (χ2n) is 4.12. The van der Waals surface area contributed by atoms with Crippen molar-refractivity contribution in [1.29, 1.82) is 0 Å². The molecule has 76 valence electrons. The normalized spacial score (nSPS) is 39.5. The topological polar surface area (TPSA) is 51.2 Å². The van der Waals surface area contributed by atoms with Crippen LogP contribution in [0.1, 0.15) is 26.7 Å². The Morgan fingerprint density at radius 3 is 2.54 bits per heavy atom. The molecule has 0 aliphatic carbocycles. The molecule has 2 rings (SSSR count). The van der Waals surface area contributed by atoms with E-state index in [9.17, 15) is 5.11 Å². The van der Waals surface area contributed by atoms with Gasteiger partial charge in [-0.1, -0.05) is 0 Å². The molecule has 0 saturated carbocycles. The molecule has 1 N–H and O–H groups in total. The predicted molar refractivity (Wildman–Crippen MR) is 45.0 cm³/mol. The quantitative estimate of drug-likeness (QED) is 0.521. The van der Waals surface area contributed by atoms with Crippen LogP contribution in [0, 0.1) is 0 Å². The summed E-state index contributed by atoms with van der Waals surface area (Å²) in [5.41, 5.74) is 0. The van der Waals surface area contributed by atoms with Gasteiger partial charge in [0.05, 0.1) is 12.7 Å². The van der Waals surface area contributed by atoms with Crippen LogP contribution in [0.15, 0.2) is 0 Å². The third-order valence-corrected chi connectivity index (χ3v) is 2.21. The van der Waals surface area contributed by atoms with Crippen LogP contribution in [-0.2, 0) is 14.2 Å². The molecular formula is C9H16O4. The van der Waals surface area contributed by atoms with Crippen molar-refractivity contribution in [2.75, 3.05) is 6.61 Å². The first-order chi connectivity index (χ1) is 6.04. The molecule has 0 aromatic rings. The van der Waals surface area contributed by atoms with Crippen molar-refractivity contribution < 1.29 is 19.3 Å². The fourth-order valence-electron chi connectivity index (χ4n) is 1.58. The summed E-state index contributed by atoms with van der Waals surface area (Å²) in [6, 6.07) is 0. The van der Waals surface area contributed by atoms with Crippen molar-refractivity contribution in [3.63, 3.8) is 0 Å². The molecule has 0 aromatic carbocycles. The summed E-state index contributed by atoms with van der Waals surface area (Å²) < 4.78 is 16.0. The molecule has 3 atom stereocenters. The van der Waals surface area contributed by atoms with Crippen LogP contribution < -0.4 is 0 Å². The Morgan fingerprint density at radius 2 is 2.00 bits per heavy atom. The van der Waals surface area contributed by atoms with Crippen LogP contribution >= 0.6 is 0 Å². The predicted octanol–water partition coefficient (Wildman–Crippen LogP) is 0.635. The molecule has 0 spiro atoms. The molecule has 4 heteroatoms. The lowest BCUT2D eigenvalue weighted by Crippen LogP contribution is -2.30. The van der Waals surface area contributed by atoms with E-state index in [0.29, 0.717) is 0 Å². The van der Waals surface area contributed by atoms with Crippen molar-refractivity contribution in [3.05, 3.63) is 0 Å². The second kappa shape index (κ2) is 3.20. The minimum absolute atomic E-state index is 0.173. The van der Waals surface area contributed by atoms with E-state index < -0.39 is 5.79 Å². The molecule has 1 unspecified atom stereocenters. The Labute approximate surface area is 77.8 Å². The highest BCUT2D eigenvalue weighted by Gasteiger charge is 2.40. The van der Waals surface area contributed by atoms with Gasteiger partial charge in [-0.05, 0) is 20.3 Å². The van der Waals surface area contributed by atoms with Crippen LogP contribution in [-0.4, -0.2) is 36.0 Å². The minimum atomic E-state index is -1.11. The van der Waals surface area contributed by atoms with E-state index in [1.807, 2.05) is 0 Å². The third kappa shape index (κ3) is 2.64. The Bertz CT molecular complexity index is 183.